The summed E-state index contributed by atoms with van der Waals surface area (Å²) in [5, 5.41) is 3.15. The highest BCUT2D eigenvalue weighted by molar-refractivity contribution is 7.09. The number of hydrogen-bond donors (Lipinski definition) is 1. The van der Waals surface area contributed by atoms with Gasteiger partial charge in [-0.15, -0.1) is 0 Å². The average Bonchev–Trinajstić information content (AvgIpc) is 2.64. The van der Waals surface area contributed by atoms with Crippen molar-refractivity contribution in [2.75, 3.05) is 5.32 Å². The monoisotopic (exact) mass is 300 g/mol. The number of rotatable bonds is 2. The quantitative estimate of drug-likeness (QED) is 0.897. The van der Waals surface area contributed by atoms with Gasteiger partial charge >= 0.3 is 0 Å². The van der Waals surface area contributed by atoms with Gasteiger partial charge in [-0.1, -0.05) is 40.9 Å². The molecule has 0 aliphatic heterocycles. The molecule has 3 nitrogen and oxygen atoms in total. The van der Waals surface area contributed by atoms with Gasteiger partial charge in [-0.05, 0) is 37.0 Å². The number of nitrogens with one attached hydrogen (secondary N) is 1. The van der Waals surface area contributed by atoms with Crippen LogP contribution in [0.15, 0.2) is 18.2 Å². The number of carbonyl (C=O) groups is 1. The van der Waals surface area contributed by atoms with Crippen LogP contribution in [-0.2, 0) is 0 Å². The van der Waals surface area contributed by atoms with Gasteiger partial charge in [0.15, 0.2) is 5.15 Å². The Labute approximate surface area is 119 Å². The van der Waals surface area contributed by atoms with E-state index in [1.54, 1.807) is 0 Å². The Morgan fingerprint density at radius 1 is 1.33 bits per heavy atom. The highest BCUT2D eigenvalue weighted by atomic mass is 35.5. The fourth-order valence-electron chi connectivity index (χ4n) is 1.53. The Morgan fingerprint density at radius 3 is 2.61 bits per heavy atom. The van der Waals surface area contributed by atoms with Crippen LogP contribution in [0.25, 0.3) is 0 Å². The van der Waals surface area contributed by atoms with Crippen LogP contribution in [0.5, 0.6) is 0 Å². The van der Waals surface area contributed by atoms with Crippen LogP contribution in [-0.4, -0.2) is 10.3 Å². The van der Waals surface area contributed by atoms with Gasteiger partial charge < -0.3 is 5.32 Å². The zero-order chi connectivity index (χ0) is 13.3. The number of hydrogen-bond acceptors (Lipinski definition) is 3. The van der Waals surface area contributed by atoms with Crippen molar-refractivity contribution in [2.45, 2.75) is 13.8 Å². The largest absolute Gasteiger partial charge is 0.321 e. The van der Waals surface area contributed by atoms with Gasteiger partial charge in [0.25, 0.3) is 5.91 Å². The maximum atomic E-state index is 12.0. The molecule has 0 saturated carbocycles. The predicted molar refractivity (Wildman–Crippen MR) is 76.0 cm³/mol. The fraction of sp³-hybridized carbons (Fsp3) is 0.167. The molecular weight excluding hydrogens is 291 g/mol. The molecule has 0 saturated heterocycles. The van der Waals surface area contributed by atoms with E-state index < -0.39 is 0 Å². The van der Waals surface area contributed by atoms with Gasteiger partial charge in [0, 0.05) is 5.69 Å². The molecule has 0 bridgehead atoms. The molecule has 0 aliphatic carbocycles. The molecule has 0 unspecified atom stereocenters. The van der Waals surface area contributed by atoms with E-state index in [1.165, 1.54) is 0 Å². The minimum absolute atomic E-state index is 0.160. The third-order valence-electron chi connectivity index (χ3n) is 2.43. The Kier molecular flexibility index (Phi) is 3.90. The zero-order valence-corrected chi connectivity index (χ0v) is 12.1. The predicted octanol–water partition coefficient (Wildman–Crippen LogP) is 4.32. The second-order valence-corrected chi connectivity index (χ2v) is 5.40. The van der Waals surface area contributed by atoms with E-state index in [0.29, 0.717) is 4.88 Å². The molecule has 0 radical (unpaired) electrons. The van der Waals surface area contributed by atoms with Gasteiger partial charge in [0.2, 0.25) is 0 Å². The molecule has 0 aliphatic rings. The SMILES string of the molecule is Cc1ccc(NC(=O)c2snc(Cl)c2Cl)c(C)c1. The minimum Gasteiger partial charge on any atom is -0.321 e. The van der Waals surface area contributed by atoms with E-state index >= 15 is 0 Å². The summed E-state index contributed by atoms with van der Waals surface area (Å²) in [5.41, 5.74) is 2.89. The normalized spacial score (nSPS) is 10.4. The van der Waals surface area contributed by atoms with Crippen molar-refractivity contribution >= 4 is 46.3 Å². The Hall–Kier alpha value is -1.10. The third kappa shape index (κ3) is 2.66. The van der Waals surface area contributed by atoms with Crippen molar-refractivity contribution < 1.29 is 4.79 Å². The van der Waals surface area contributed by atoms with Gasteiger partial charge in [-0.3, -0.25) is 4.79 Å². The van der Waals surface area contributed by atoms with Gasteiger partial charge in [-0.25, -0.2) is 0 Å². The molecule has 1 aromatic heterocycles. The van der Waals surface area contributed by atoms with Gasteiger partial charge in [0.1, 0.15) is 9.90 Å². The van der Waals surface area contributed by atoms with Gasteiger partial charge in [0.05, 0.1) is 0 Å². The molecule has 94 valence electrons. The maximum absolute atomic E-state index is 12.0. The topological polar surface area (TPSA) is 42.0 Å². The van der Waals surface area contributed by atoms with Crippen LogP contribution in [0.2, 0.25) is 10.2 Å². The van der Waals surface area contributed by atoms with Crippen molar-refractivity contribution in [3.05, 3.63) is 44.4 Å². The third-order valence-corrected chi connectivity index (χ3v) is 4.23. The smallest absolute Gasteiger partial charge is 0.268 e. The molecule has 18 heavy (non-hydrogen) atoms. The first-order chi connectivity index (χ1) is 8.49. The first kappa shape index (κ1) is 13.3. The van der Waals surface area contributed by atoms with Crippen molar-refractivity contribution in [2.24, 2.45) is 0 Å². The highest BCUT2D eigenvalue weighted by Gasteiger charge is 2.17. The Bertz CT molecular complexity index is 610. The summed E-state index contributed by atoms with van der Waals surface area (Å²) in [4.78, 5) is 12.3. The molecule has 6 heteroatoms. The summed E-state index contributed by atoms with van der Waals surface area (Å²) < 4.78 is 3.83. The lowest BCUT2D eigenvalue weighted by Crippen LogP contribution is -2.11. The summed E-state index contributed by atoms with van der Waals surface area (Å²) in [6.45, 7) is 3.93. The number of amides is 1. The molecular formula is C12H10Cl2N2OS. The lowest BCUT2D eigenvalue weighted by atomic mass is 10.1. The van der Waals surface area contributed by atoms with Crippen molar-refractivity contribution in [3.8, 4) is 0 Å². The minimum atomic E-state index is -0.295. The van der Waals surface area contributed by atoms with Crippen molar-refractivity contribution in [1.29, 1.82) is 0 Å². The van der Waals surface area contributed by atoms with Crippen LogP contribution in [0.4, 0.5) is 5.69 Å². The maximum Gasteiger partial charge on any atom is 0.268 e. The number of carbonyl (C=O) groups excluding carboxylic acids is 1. The van der Waals surface area contributed by atoms with Crippen LogP contribution >= 0.6 is 34.7 Å². The lowest BCUT2D eigenvalue weighted by molar-refractivity contribution is 0.103. The molecule has 0 atom stereocenters. The summed E-state index contributed by atoms with van der Waals surface area (Å²) in [5.74, 6) is -0.295. The van der Waals surface area contributed by atoms with E-state index in [-0.39, 0.29) is 16.1 Å². The molecule has 2 aromatic rings. The standard InChI is InChI=1S/C12H10Cl2N2OS/c1-6-3-4-8(7(2)5-6)15-12(17)10-9(13)11(14)16-18-10/h3-5H,1-2H3,(H,15,17). The number of anilines is 1. The summed E-state index contributed by atoms with van der Waals surface area (Å²) >= 11 is 12.6. The molecule has 1 heterocycles. The van der Waals surface area contributed by atoms with Crippen molar-refractivity contribution in [3.63, 3.8) is 0 Å². The Balaban J connectivity index is 2.24. The average molecular weight is 301 g/mol. The van der Waals surface area contributed by atoms with Crippen molar-refractivity contribution in [1.82, 2.24) is 4.37 Å². The van der Waals surface area contributed by atoms with Crippen LogP contribution < -0.4 is 5.32 Å². The number of nitrogens with zero attached hydrogens (tertiary/aromatic N) is 1. The summed E-state index contributed by atoms with van der Waals surface area (Å²) in [6.07, 6.45) is 0. The molecule has 1 N–H and O–H groups in total. The van der Waals surface area contributed by atoms with E-state index in [4.69, 9.17) is 23.2 Å². The summed E-state index contributed by atoms with van der Waals surface area (Å²) in [7, 11) is 0. The van der Waals surface area contributed by atoms with Crippen LogP contribution in [0.3, 0.4) is 0 Å². The molecule has 0 spiro atoms. The fourth-order valence-corrected chi connectivity index (χ4v) is 2.64. The van der Waals surface area contributed by atoms with Crippen LogP contribution in [0.1, 0.15) is 20.8 Å². The zero-order valence-electron chi connectivity index (χ0n) is 9.75. The van der Waals surface area contributed by atoms with Crippen LogP contribution in [0, 0.1) is 13.8 Å². The molecule has 0 fully saturated rings. The number of aromatic nitrogens is 1. The number of benzene rings is 1. The van der Waals surface area contributed by atoms with E-state index in [1.807, 2.05) is 32.0 Å². The first-order valence-electron chi connectivity index (χ1n) is 5.18. The van der Waals surface area contributed by atoms with E-state index in [9.17, 15) is 4.79 Å². The lowest BCUT2D eigenvalue weighted by Gasteiger charge is -2.08. The highest BCUT2D eigenvalue weighted by Crippen LogP contribution is 2.29. The second kappa shape index (κ2) is 5.26. The number of aryl methyl sites for hydroxylation is 2. The molecule has 1 aromatic carbocycles. The van der Waals surface area contributed by atoms with E-state index in [2.05, 4.69) is 9.69 Å². The Morgan fingerprint density at radius 2 is 2.06 bits per heavy atom. The number of halogens is 2. The second-order valence-electron chi connectivity index (χ2n) is 3.89. The van der Waals surface area contributed by atoms with E-state index in [0.717, 1.165) is 28.3 Å². The first-order valence-corrected chi connectivity index (χ1v) is 6.71. The summed E-state index contributed by atoms with van der Waals surface area (Å²) in [6, 6.07) is 5.79. The molecule has 2 rings (SSSR count). The molecule has 1 amide bonds. The van der Waals surface area contributed by atoms with Gasteiger partial charge in [-0.2, -0.15) is 4.37 Å².